The van der Waals surface area contributed by atoms with E-state index in [0.29, 0.717) is 13.0 Å². The number of allylic oxidation sites excluding steroid dienone is 1. The van der Waals surface area contributed by atoms with E-state index in [0.717, 1.165) is 12.0 Å². The highest BCUT2D eigenvalue weighted by Gasteiger charge is 2.51. The lowest BCUT2D eigenvalue weighted by Gasteiger charge is -2.24. The standard InChI is InChI=1S/C17H20O5S/c1-2-21-11-22-15-9-8-12-10-14(18)17(16(12)15)23(19,20)13-6-4-3-5-7-13/h3-7,10,15-17H,2,8-9,11H2,1H3/t15-,16+,17-/m0/s1. The van der Waals surface area contributed by atoms with E-state index >= 15 is 0 Å². The fraction of sp³-hybridized carbons (Fsp3) is 0.471. The minimum absolute atomic E-state index is 0.122. The normalized spacial score (nSPS) is 27.1. The van der Waals surface area contributed by atoms with E-state index in [-0.39, 0.29) is 23.6 Å². The monoisotopic (exact) mass is 336 g/mol. The van der Waals surface area contributed by atoms with Gasteiger partial charge in [0.05, 0.1) is 11.0 Å². The number of ketones is 1. The van der Waals surface area contributed by atoms with Crippen molar-refractivity contribution in [2.75, 3.05) is 13.4 Å². The van der Waals surface area contributed by atoms with Crippen molar-refractivity contribution < 1.29 is 22.7 Å². The molecule has 0 aliphatic heterocycles. The van der Waals surface area contributed by atoms with Crippen LogP contribution in [0.15, 0.2) is 46.9 Å². The lowest BCUT2D eigenvalue weighted by atomic mass is 10.0. The van der Waals surface area contributed by atoms with E-state index < -0.39 is 21.0 Å². The molecule has 3 atom stereocenters. The molecule has 3 rings (SSSR count). The molecule has 0 bridgehead atoms. The molecule has 5 nitrogen and oxygen atoms in total. The van der Waals surface area contributed by atoms with Crippen LogP contribution in [0.3, 0.4) is 0 Å². The average molecular weight is 336 g/mol. The van der Waals surface area contributed by atoms with Gasteiger partial charge in [-0.05, 0) is 38.0 Å². The Labute approximate surface area is 136 Å². The summed E-state index contributed by atoms with van der Waals surface area (Å²) in [7, 11) is -3.73. The summed E-state index contributed by atoms with van der Waals surface area (Å²) in [4.78, 5) is 12.5. The Morgan fingerprint density at radius 3 is 2.65 bits per heavy atom. The molecule has 1 fully saturated rings. The van der Waals surface area contributed by atoms with Crippen molar-refractivity contribution >= 4 is 15.6 Å². The molecule has 1 aromatic rings. The van der Waals surface area contributed by atoms with Gasteiger partial charge in [0.2, 0.25) is 0 Å². The van der Waals surface area contributed by atoms with Crippen molar-refractivity contribution in [1.29, 1.82) is 0 Å². The topological polar surface area (TPSA) is 69.7 Å². The summed E-state index contributed by atoms with van der Waals surface area (Å²) in [6, 6.07) is 8.15. The smallest absolute Gasteiger partial charge is 0.189 e. The van der Waals surface area contributed by atoms with Gasteiger partial charge in [0.15, 0.2) is 15.6 Å². The molecular formula is C17H20O5S. The molecule has 6 heteroatoms. The number of fused-ring (bicyclic) bond motifs is 1. The predicted octanol–water partition coefficient (Wildman–Crippen LogP) is 2.13. The zero-order valence-corrected chi connectivity index (χ0v) is 13.8. The Morgan fingerprint density at radius 1 is 1.22 bits per heavy atom. The summed E-state index contributed by atoms with van der Waals surface area (Å²) in [5.41, 5.74) is 0.890. The van der Waals surface area contributed by atoms with Crippen LogP contribution in [0.25, 0.3) is 0 Å². The summed E-state index contributed by atoms with van der Waals surface area (Å²) < 4.78 is 36.7. The zero-order valence-electron chi connectivity index (χ0n) is 13.0. The van der Waals surface area contributed by atoms with Crippen LogP contribution in [0.1, 0.15) is 19.8 Å². The first-order chi connectivity index (χ1) is 11.1. The van der Waals surface area contributed by atoms with Gasteiger partial charge < -0.3 is 9.47 Å². The van der Waals surface area contributed by atoms with Crippen molar-refractivity contribution in [3.63, 3.8) is 0 Å². The first-order valence-corrected chi connectivity index (χ1v) is 9.33. The zero-order chi connectivity index (χ0) is 16.4. The van der Waals surface area contributed by atoms with Crippen LogP contribution in [0.2, 0.25) is 0 Å². The Kier molecular flexibility index (Phi) is 4.66. The van der Waals surface area contributed by atoms with Gasteiger partial charge in [0.25, 0.3) is 0 Å². The van der Waals surface area contributed by atoms with E-state index in [1.807, 2.05) is 6.92 Å². The van der Waals surface area contributed by atoms with Gasteiger partial charge in [0.1, 0.15) is 12.0 Å². The SMILES string of the molecule is CCOCO[C@H]1CCC2=CC(=O)[C@H](S(=O)(=O)c3ccccc3)[C@H]21. The third-order valence-electron chi connectivity index (χ3n) is 4.46. The molecule has 2 aliphatic rings. The Morgan fingerprint density at radius 2 is 1.96 bits per heavy atom. The van der Waals surface area contributed by atoms with Gasteiger partial charge in [-0.3, -0.25) is 4.79 Å². The number of hydrogen-bond donors (Lipinski definition) is 0. The number of ether oxygens (including phenoxy) is 2. The van der Waals surface area contributed by atoms with Crippen LogP contribution in [-0.2, 0) is 24.1 Å². The second-order valence-corrected chi connectivity index (χ2v) is 7.85. The fourth-order valence-electron chi connectivity index (χ4n) is 3.40. The van der Waals surface area contributed by atoms with Crippen LogP contribution < -0.4 is 0 Å². The van der Waals surface area contributed by atoms with Crippen LogP contribution in [-0.4, -0.2) is 39.0 Å². The third kappa shape index (κ3) is 2.98. The lowest BCUT2D eigenvalue weighted by molar-refractivity contribution is -0.117. The molecule has 0 saturated heterocycles. The lowest BCUT2D eigenvalue weighted by Crippen LogP contribution is -2.38. The Bertz CT molecular complexity index is 708. The number of hydrogen-bond acceptors (Lipinski definition) is 5. The van der Waals surface area contributed by atoms with Crippen molar-refractivity contribution in [2.45, 2.75) is 36.0 Å². The number of benzene rings is 1. The molecule has 0 aromatic heterocycles. The number of carbonyl (C=O) groups is 1. The molecule has 0 heterocycles. The summed E-state index contributed by atoms with van der Waals surface area (Å²) in [6.45, 7) is 2.52. The van der Waals surface area contributed by atoms with Gasteiger partial charge in [-0.2, -0.15) is 0 Å². The maximum absolute atomic E-state index is 12.9. The van der Waals surface area contributed by atoms with Crippen molar-refractivity contribution in [3.05, 3.63) is 42.0 Å². The average Bonchev–Trinajstić information content (AvgIpc) is 3.07. The summed E-state index contributed by atoms with van der Waals surface area (Å²) in [6.07, 6.45) is 2.63. The van der Waals surface area contributed by atoms with Crippen LogP contribution in [0.5, 0.6) is 0 Å². The fourth-order valence-corrected chi connectivity index (χ4v) is 5.34. The highest BCUT2D eigenvalue weighted by Crippen LogP contribution is 2.44. The molecule has 0 spiro atoms. The van der Waals surface area contributed by atoms with Gasteiger partial charge in [-0.25, -0.2) is 8.42 Å². The van der Waals surface area contributed by atoms with E-state index in [1.165, 1.54) is 18.2 Å². The minimum atomic E-state index is -3.73. The van der Waals surface area contributed by atoms with Crippen molar-refractivity contribution in [3.8, 4) is 0 Å². The summed E-state index contributed by atoms with van der Waals surface area (Å²) in [5, 5.41) is -1.07. The Hall–Kier alpha value is -1.50. The molecular weight excluding hydrogens is 316 g/mol. The van der Waals surface area contributed by atoms with E-state index in [4.69, 9.17) is 9.47 Å². The summed E-state index contributed by atoms with van der Waals surface area (Å²) in [5.74, 6) is -0.730. The summed E-state index contributed by atoms with van der Waals surface area (Å²) >= 11 is 0. The van der Waals surface area contributed by atoms with Crippen molar-refractivity contribution in [2.24, 2.45) is 5.92 Å². The van der Waals surface area contributed by atoms with E-state index in [1.54, 1.807) is 18.2 Å². The largest absolute Gasteiger partial charge is 0.356 e. The third-order valence-corrected chi connectivity index (χ3v) is 6.58. The molecule has 23 heavy (non-hydrogen) atoms. The van der Waals surface area contributed by atoms with Gasteiger partial charge in [-0.15, -0.1) is 0 Å². The van der Waals surface area contributed by atoms with E-state index in [2.05, 4.69) is 0 Å². The van der Waals surface area contributed by atoms with Gasteiger partial charge in [0, 0.05) is 12.5 Å². The minimum Gasteiger partial charge on any atom is -0.356 e. The molecule has 124 valence electrons. The quantitative estimate of drug-likeness (QED) is 0.588. The van der Waals surface area contributed by atoms with Crippen LogP contribution in [0, 0.1) is 5.92 Å². The first kappa shape index (κ1) is 16.4. The highest BCUT2D eigenvalue weighted by atomic mass is 32.2. The molecule has 2 aliphatic carbocycles. The van der Waals surface area contributed by atoms with Crippen molar-refractivity contribution in [1.82, 2.24) is 0 Å². The Balaban J connectivity index is 1.88. The predicted molar refractivity (Wildman–Crippen MR) is 84.6 cm³/mol. The molecule has 0 unspecified atom stereocenters. The number of sulfone groups is 1. The second-order valence-electron chi connectivity index (χ2n) is 5.78. The maximum atomic E-state index is 12.9. The van der Waals surface area contributed by atoms with Crippen LogP contribution in [0.4, 0.5) is 0 Å². The molecule has 0 radical (unpaired) electrons. The maximum Gasteiger partial charge on any atom is 0.189 e. The van der Waals surface area contributed by atoms with Gasteiger partial charge in [-0.1, -0.05) is 23.8 Å². The number of rotatable bonds is 6. The first-order valence-electron chi connectivity index (χ1n) is 7.78. The molecule has 1 aromatic carbocycles. The number of carbonyl (C=O) groups excluding carboxylic acids is 1. The molecule has 1 saturated carbocycles. The molecule has 0 amide bonds. The van der Waals surface area contributed by atoms with E-state index in [9.17, 15) is 13.2 Å². The second kappa shape index (κ2) is 6.55. The molecule has 0 N–H and O–H groups in total. The van der Waals surface area contributed by atoms with Gasteiger partial charge >= 0.3 is 0 Å². The highest BCUT2D eigenvalue weighted by molar-refractivity contribution is 7.93. The van der Waals surface area contributed by atoms with Crippen LogP contribution >= 0.6 is 0 Å².